The number of thiazole rings is 1. The standard InChI is InChI=1S/C23H24N4O4S/c1-15(2)30-19-13-17(21(28)26-23-24-9-12-32-23)14-20(25-19)31-18-7-5-16(6-8-18)22(29)27-10-3-4-11-27/h5-9,12-15H,3-4,10-11H2,1-2H3,(H,24,26,28). The molecular formula is C23H24N4O4S. The highest BCUT2D eigenvalue weighted by atomic mass is 32.1. The van der Waals surface area contributed by atoms with Gasteiger partial charge < -0.3 is 14.4 Å². The second-order valence-corrected chi connectivity index (χ2v) is 8.51. The lowest BCUT2D eigenvalue weighted by Crippen LogP contribution is -2.27. The molecule has 1 N–H and O–H groups in total. The number of likely N-dealkylation sites (tertiary alicyclic amines) is 1. The summed E-state index contributed by atoms with van der Waals surface area (Å²) in [5.41, 5.74) is 0.953. The first-order valence-corrected chi connectivity index (χ1v) is 11.3. The Hall–Kier alpha value is -3.46. The van der Waals surface area contributed by atoms with E-state index in [0.717, 1.165) is 25.9 Å². The molecule has 0 aliphatic carbocycles. The van der Waals surface area contributed by atoms with Gasteiger partial charge in [0.25, 0.3) is 11.8 Å². The lowest BCUT2D eigenvalue weighted by molar-refractivity contribution is 0.0792. The minimum absolute atomic E-state index is 0.0284. The molecule has 2 amide bonds. The van der Waals surface area contributed by atoms with E-state index in [1.165, 1.54) is 11.3 Å². The van der Waals surface area contributed by atoms with Crippen molar-refractivity contribution in [2.24, 2.45) is 0 Å². The summed E-state index contributed by atoms with van der Waals surface area (Å²) >= 11 is 1.33. The number of ether oxygens (including phenoxy) is 2. The Labute approximate surface area is 190 Å². The molecule has 0 unspecified atom stereocenters. The van der Waals surface area contributed by atoms with Crippen LogP contribution in [0.3, 0.4) is 0 Å². The summed E-state index contributed by atoms with van der Waals surface area (Å²) in [6.45, 7) is 5.35. The van der Waals surface area contributed by atoms with Gasteiger partial charge in [0.1, 0.15) is 5.75 Å². The van der Waals surface area contributed by atoms with Crippen molar-refractivity contribution < 1.29 is 19.1 Å². The van der Waals surface area contributed by atoms with E-state index in [0.29, 0.717) is 22.0 Å². The van der Waals surface area contributed by atoms with Crippen molar-refractivity contribution in [1.29, 1.82) is 0 Å². The van der Waals surface area contributed by atoms with E-state index in [2.05, 4.69) is 15.3 Å². The molecule has 3 heterocycles. The highest BCUT2D eigenvalue weighted by molar-refractivity contribution is 7.13. The third kappa shape index (κ3) is 5.42. The summed E-state index contributed by atoms with van der Waals surface area (Å²) in [5.74, 6) is 0.685. The molecule has 9 heteroatoms. The number of hydrogen-bond acceptors (Lipinski definition) is 7. The smallest absolute Gasteiger partial charge is 0.257 e. The normalized spacial score (nSPS) is 13.3. The molecule has 8 nitrogen and oxygen atoms in total. The zero-order valence-electron chi connectivity index (χ0n) is 17.9. The molecule has 32 heavy (non-hydrogen) atoms. The van der Waals surface area contributed by atoms with E-state index in [4.69, 9.17) is 9.47 Å². The average molecular weight is 453 g/mol. The van der Waals surface area contributed by atoms with Gasteiger partial charge in [-0.15, -0.1) is 11.3 Å². The molecule has 1 fully saturated rings. The Morgan fingerprint density at radius 1 is 1.06 bits per heavy atom. The Kier molecular flexibility index (Phi) is 6.65. The second-order valence-electron chi connectivity index (χ2n) is 7.62. The highest BCUT2D eigenvalue weighted by Crippen LogP contribution is 2.26. The zero-order chi connectivity index (χ0) is 22.5. The van der Waals surface area contributed by atoms with Gasteiger partial charge in [-0.2, -0.15) is 4.98 Å². The minimum Gasteiger partial charge on any atom is -0.475 e. The van der Waals surface area contributed by atoms with Crippen molar-refractivity contribution in [3.8, 4) is 17.5 Å². The van der Waals surface area contributed by atoms with Crippen LogP contribution in [0, 0.1) is 0 Å². The zero-order valence-corrected chi connectivity index (χ0v) is 18.7. The number of rotatable bonds is 7. The van der Waals surface area contributed by atoms with Gasteiger partial charge in [-0.25, -0.2) is 4.98 Å². The molecule has 0 radical (unpaired) electrons. The topological polar surface area (TPSA) is 93.7 Å². The quantitative estimate of drug-likeness (QED) is 0.563. The van der Waals surface area contributed by atoms with Crippen molar-refractivity contribution in [2.75, 3.05) is 18.4 Å². The average Bonchev–Trinajstić information content (AvgIpc) is 3.47. The predicted molar refractivity (Wildman–Crippen MR) is 122 cm³/mol. The van der Waals surface area contributed by atoms with E-state index in [9.17, 15) is 9.59 Å². The van der Waals surface area contributed by atoms with Crippen molar-refractivity contribution in [1.82, 2.24) is 14.9 Å². The lowest BCUT2D eigenvalue weighted by Gasteiger charge is -2.15. The number of anilines is 1. The Morgan fingerprint density at radius 2 is 1.78 bits per heavy atom. The maximum Gasteiger partial charge on any atom is 0.257 e. The van der Waals surface area contributed by atoms with Gasteiger partial charge in [0.2, 0.25) is 11.8 Å². The molecule has 1 aliphatic heterocycles. The predicted octanol–water partition coefficient (Wildman–Crippen LogP) is 4.61. The molecule has 1 aliphatic rings. The number of benzene rings is 1. The number of aromatic nitrogens is 2. The molecule has 0 bridgehead atoms. The van der Waals surface area contributed by atoms with Gasteiger partial charge in [0.15, 0.2) is 5.13 Å². The molecule has 3 aromatic rings. The van der Waals surface area contributed by atoms with Gasteiger partial charge in [-0.05, 0) is 51.0 Å². The summed E-state index contributed by atoms with van der Waals surface area (Å²) in [6.07, 6.45) is 3.59. The third-order valence-electron chi connectivity index (χ3n) is 4.77. The fourth-order valence-corrected chi connectivity index (χ4v) is 3.83. The molecule has 0 atom stereocenters. The molecule has 4 rings (SSSR count). The maximum atomic E-state index is 12.7. The van der Waals surface area contributed by atoms with Crippen LogP contribution in [0.1, 0.15) is 47.4 Å². The number of carbonyl (C=O) groups excluding carboxylic acids is 2. The molecule has 2 aromatic heterocycles. The van der Waals surface area contributed by atoms with Crippen LogP contribution in [0.5, 0.6) is 17.5 Å². The van der Waals surface area contributed by atoms with Gasteiger partial charge in [0.05, 0.1) is 11.7 Å². The number of hydrogen-bond donors (Lipinski definition) is 1. The molecule has 1 aromatic carbocycles. The fraction of sp³-hybridized carbons (Fsp3) is 0.304. The van der Waals surface area contributed by atoms with E-state index in [1.807, 2.05) is 18.7 Å². The van der Waals surface area contributed by atoms with Crippen LogP contribution in [-0.4, -0.2) is 45.9 Å². The number of nitrogens with zero attached hydrogens (tertiary/aromatic N) is 3. The maximum absolute atomic E-state index is 12.7. The van der Waals surface area contributed by atoms with E-state index in [-0.39, 0.29) is 29.7 Å². The molecule has 1 saturated heterocycles. The minimum atomic E-state index is -0.340. The molecule has 0 saturated carbocycles. The van der Waals surface area contributed by atoms with Gasteiger partial charge >= 0.3 is 0 Å². The second kappa shape index (κ2) is 9.78. The van der Waals surface area contributed by atoms with Gasteiger partial charge in [0, 0.05) is 42.4 Å². The van der Waals surface area contributed by atoms with Crippen LogP contribution >= 0.6 is 11.3 Å². The summed E-state index contributed by atoms with van der Waals surface area (Å²) in [4.78, 5) is 35.5. The van der Waals surface area contributed by atoms with Gasteiger partial charge in [-0.3, -0.25) is 14.9 Å². The van der Waals surface area contributed by atoms with Crippen molar-refractivity contribution in [2.45, 2.75) is 32.8 Å². The van der Waals surface area contributed by atoms with Crippen molar-refractivity contribution in [3.05, 3.63) is 59.1 Å². The first kappa shape index (κ1) is 21.8. The first-order chi connectivity index (χ1) is 15.5. The van der Waals surface area contributed by atoms with Crippen molar-refractivity contribution in [3.63, 3.8) is 0 Å². The Balaban J connectivity index is 1.52. The fourth-order valence-electron chi connectivity index (χ4n) is 3.31. The van der Waals surface area contributed by atoms with Crippen LogP contribution in [-0.2, 0) is 0 Å². The lowest BCUT2D eigenvalue weighted by atomic mass is 10.2. The summed E-state index contributed by atoms with van der Waals surface area (Å²) in [5, 5.41) is 5.02. The summed E-state index contributed by atoms with van der Waals surface area (Å²) < 4.78 is 11.6. The number of carbonyl (C=O) groups is 2. The van der Waals surface area contributed by atoms with Crippen LogP contribution < -0.4 is 14.8 Å². The summed E-state index contributed by atoms with van der Waals surface area (Å²) in [6, 6.07) is 10.0. The van der Waals surface area contributed by atoms with Crippen LogP contribution in [0.25, 0.3) is 0 Å². The highest BCUT2D eigenvalue weighted by Gasteiger charge is 2.19. The first-order valence-electron chi connectivity index (χ1n) is 10.4. The van der Waals surface area contributed by atoms with Crippen LogP contribution in [0.15, 0.2) is 48.0 Å². The number of pyridine rings is 1. The Morgan fingerprint density at radius 3 is 2.44 bits per heavy atom. The van der Waals surface area contributed by atoms with E-state index < -0.39 is 0 Å². The monoisotopic (exact) mass is 452 g/mol. The number of amides is 2. The van der Waals surface area contributed by atoms with Crippen molar-refractivity contribution >= 4 is 28.3 Å². The largest absolute Gasteiger partial charge is 0.475 e. The Bertz CT molecular complexity index is 1080. The van der Waals surface area contributed by atoms with Crippen LogP contribution in [0.2, 0.25) is 0 Å². The third-order valence-corrected chi connectivity index (χ3v) is 5.46. The van der Waals surface area contributed by atoms with Gasteiger partial charge in [-0.1, -0.05) is 0 Å². The molecular weight excluding hydrogens is 428 g/mol. The molecule has 0 spiro atoms. The number of nitrogens with one attached hydrogen (secondary N) is 1. The van der Waals surface area contributed by atoms with E-state index in [1.54, 1.807) is 48.0 Å². The SMILES string of the molecule is CC(C)Oc1cc(C(=O)Nc2nccs2)cc(Oc2ccc(C(=O)N3CCCC3)cc2)n1. The molecule has 166 valence electrons. The summed E-state index contributed by atoms with van der Waals surface area (Å²) in [7, 11) is 0. The van der Waals surface area contributed by atoms with E-state index >= 15 is 0 Å². The van der Waals surface area contributed by atoms with Crippen LogP contribution in [0.4, 0.5) is 5.13 Å².